The Morgan fingerprint density at radius 3 is 2.71 bits per heavy atom. The molecule has 3 rings (SSSR count). The molecule has 116 valence electrons. The van der Waals surface area contributed by atoms with Crippen LogP contribution in [0.15, 0.2) is 30.3 Å². The Kier molecular flexibility index (Phi) is 4.97. The molecule has 1 aromatic rings. The zero-order valence-corrected chi connectivity index (χ0v) is 13.6. The molecule has 4 atom stereocenters. The summed E-state index contributed by atoms with van der Waals surface area (Å²) in [4.78, 5) is 2.78. The van der Waals surface area contributed by atoms with Crippen molar-refractivity contribution >= 4 is 0 Å². The maximum Gasteiger partial charge on any atom is 0.0236 e. The van der Waals surface area contributed by atoms with Crippen molar-refractivity contribution in [1.82, 2.24) is 10.2 Å². The average molecular weight is 286 g/mol. The summed E-state index contributed by atoms with van der Waals surface area (Å²) in [7, 11) is 0. The predicted octanol–water partition coefficient (Wildman–Crippen LogP) is 3.33. The Labute approximate surface area is 129 Å². The molecule has 4 unspecified atom stereocenters. The van der Waals surface area contributed by atoms with Gasteiger partial charge < -0.3 is 5.32 Å². The number of benzene rings is 1. The molecule has 0 spiro atoms. The van der Waals surface area contributed by atoms with E-state index in [2.05, 4.69) is 54.4 Å². The monoisotopic (exact) mass is 286 g/mol. The highest BCUT2D eigenvalue weighted by molar-refractivity contribution is 5.16. The van der Waals surface area contributed by atoms with E-state index in [1.165, 1.54) is 37.9 Å². The van der Waals surface area contributed by atoms with Crippen LogP contribution in [0.25, 0.3) is 0 Å². The van der Waals surface area contributed by atoms with Gasteiger partial charge in [-0.25, -0.2) is 0 Å². The van der Waals surface area contributed by atoms with Crippen LogP contribution in [0.2, 0.25) is 0 Å². The zero-order chi connectivity index (χ0) is 14.7. The first-order valence-corrected chi connectivity index (χ1v) is 8.79. The number of piperazine rings is 1. The number of nitrogens with zero attached hydrogens (tertiary/aromatic N) is 1. The molecule has 0 amide bonds. The second kappa shape index (κ2) is 6.93. The van der Waals surface area contributed by atoms with Gasteiger partial charge in [-0.15, -0.1) is 0 Å². The highest BCUT2D eigenvalue weighted by Gasteiger charge is 2.36. The Bertz CT molecular complexity index is 430. The molecular formula is C19H30N2. The second-order valence-electron chi connectivity index (χ2n) is 7.01. The van der Waals surface area contributed by atoms with Crippen LogP contribution in [0, 0.1) is 11.8 Å². The lowest BCUT2D eigenvalue weighted by atomic mass is 9.92. The van der Waals surface area contributed by atoms with Crippen LogP contribution >= 0.6 is 0 Å². The molecule has 2 heteroatoms. The molecule has 2 aliphatic rings. The van der Waals surface area contributed by atoms with Crippen molar-refractivity contribution in [2.75, 3.05) is 19.6 Å². The van der Waals surface area contributed by atoms with Crippen molar-refractivity contribution in [2.24, 2.45) is 11.8 Å². The fourth-order valence-electron chi connectivity index (χ4n) is 4.50. The predicted molar refractivity (Wildman–Crippen MR) is 89.5 cm³/mol. The molecule has 1 aliphatic carbocycles. The van der Waals surface area contributed by atoms with Crippen molar-refractivity contribution in [2.45, 2.75) is 51.6 Å². The van der Waals surface area contributed by atoms with E-state index in [0.29, 0.717) is 6.04 Å². The third-order valence-corrected chi connectivity index (χ3v) is 5.79. The van der Waals surface area contributed by atoms with Crippen LogP contribution < -0.4 is 5.32 Å². The summed E-state index contributed by atoms with van der Waals surface area (Å²) in [6.45, 7) is 8.45. The van der Waals surface area contributed by atoms with Crippen LogP contribution in [0.3, 0.4) is 0 Å². The lowest BCUT2D eigenvalue weighted by molar-refractivity contribution is 0.113. The largest absolute Gasteiger partial charge is 0.311 e. The van der Waals surface area contributed by atoms with Gasteiger partial charge in [0.05, 0.1) is 0 Å². The molecule has 1 aromatic carbocycles. The van der Waals surface area contributed by atoms with E-state index in [1.54, 1.807) is 0 Å². The molecular weight excluding hydrogens is 256 g/mol. The van der Waals surface area contributed by atoms with Crippen LogP contribution in [-0.4, -0.2) is 36.6 Å². The maximum atomic E-state index is 3.72. The second-order valence-corrected chi connectivity index (χ2v) is 7.01. The molecule has 1 saturated heterocycles. The van der Waals surface area contributed by atoms with Crippen molar-refractivity contribution in [3.63, 3.8) is 0 Å². The van der Waals surface area contributed by atoms with Gasteiger partial charge in [-0.3, -0.25) is 4.90 Å². The van der Waals surface area contributed by atoms with Gasteiger partial charge >= 0.3 is 0 Å². The zero-order valence-electron chi connectivity index (χ0n) is 13.6. The number of rotatable bonds is 4. The molecule has 21 heavy (non-hydrogen) atoms. The quantitative estimate of drug-likeness (QED) is 0.913. The summed E-state index contributed by atoms with van der Waals surface area (Å²) >= 11 is 0. The molecule has 1 N–H and O–H groups in total. The highest BCUT2D eigenvalue weighted by atomic mass is 15.2. The molecule has 1 heterocycles. The normalized spacial score (nSPS) is 34.2. The van der Waals surface area contributed by atoms with Crippen molar-refractivity contribution in [3.05, 3.63) is 35.9 Å². The Balaban J connectivity index is 1.58. The smallest absolute Gasteiger partial charge is 0.0236 e. The van der Waals surface area contributed by atoms with Crippen molar-refractivity contribution in [3.8, 4) is 0 Å². The lowest BCUT2D eigenvalue weighted by Crippen LogP contribution is -2.55. The van der Waals surface area contributed by atoms with E-state index < -0.39 is 0 Å². The fraction of sp³-hybridized carbons (Fsp3) is 0.684. The Hall–Kier alpha value is -0.860. The molecule has 1 saturated carbocycles. The molecule has 2 nitrogen and oxygen atoms in total. The van der Waals surface area contributed by atoms with Gasteiger partial charge in [0.25, 0.3) is 0 Å². The van der Waals surface area contributed by atoms with Gasteiger partial charge in [0.15, 0.2) is 0 Å². The van der Waals surface area contributed by atoms with Gasteiger partial charge in [0, 0.05) is 31.7 Å². The molecule has 0 aromatic heterocycles. The SMILES string of the molecule is CCC1CCC(N2CCNC(Cc3ccccc3)C2)C1C. The van der Waals surface area contributed by atoms with Crippen LogP contribution in [0.1, 0.15) is 38.7 Å². The molecule has 1 aliphatic heterocycles. The summed E-state index contributed by atoms with van der Waals surface area (Å²) in [5.41, 5.74) is 1.46. The highest BCUT2D eigenvalue weighted by Crippen LogP contribution is 2.37. The van der Waals surface area contributed by atoms with E-state index in [9.17, 15) is 0 Å². The van der Waals surface area contributed by atoms with Gasteiger partial charge in [-0.2, -0.15) is 0 Å². The molecule has 2 fully saturated rings. The molecule has 0 bridgehead atoms. The third-order valence-electron chi connectivity index (χ3n) is 5.79. The number of hydrogen-bond acceptors (Lipinski definition) is 2. The minimum Gasteiger partial charge on any atom is -0.311 e. The fourth-order valence-corrected chi connectivity index (χ4v) is 4.50. The maximum absolute atomic E-state index is 3.72. The average Bonchev–Trinajstić information content (AvgIpc) is 2.89. The summed E-state index contributed by atoms with van der Waals surface area (Å²) in [6, 6.07) is 12.4. The van der Waals surface area contributed by atoms with Crippen molar-refractivity contribution < 1.29 is 0 Å². The summed E-state index contributed by atoms with van der Waals surface area (Å²) in [5, 5.41) is 3.72. The van der Waals surface area contributed by atoms with Crippen LogP contribution in [0.4, 0.5) is 0 Å². The minimum atomic E-state index is 0.619. The first kappa shape index (κ1) is 15.1. The van der Waals surface area contributed by atoms with Crippen LogP contribution in [0.5, 0.6) is 0 Å². The lowest BCUT2D eigenvalue weighted by Gasteiger charge is -2.40. The standard InChI is InChI=1S/C19H30N2/c1-3-17-9-10-19(15(17)2)21-12-11-20-18(14-21)13-16-7-5-4-6-8-16/h4-8,15,17-20H,3,9-14H2,1-2H3. The first-order valence-electron chi connectivity index (χ1n) is 8.79. The van der Waals surface area contributed by atoms with E-state index in [0.717, 1.165) is 30.8 Å². The Morgan fingerprint density at radius 1 is 1.19 bits per heavy atom. The Morgan fingerprint density at radius 2 is 2.00 bits per heavy atom. The van der Waals surface area contributed by atoms with Gasteiger partial charge in [0.2, 0.25) is 0 Å². The summed E-state index contributed by atoms with van der Waals surface area (Å²) in [6.07, 6.45) is 5.38. The van der Waals surface area contributed by atoms with E-state index >= 15 is 0 Å². The number of hydrogen-bond donors (Lipinski definition) is 1. The van der Waals surface area contributed by atoms with E-state index in [4.69, 9.17) is 0 Å². The van der Waals surface area contributed by atoms with E-state index in [1.807, 2.05) is 0 Å². The third kappa shape index (κ3) is 3.49. The molecule has 0 radical (unpaired) electrons. The van der Waals surface area contributed by atoms with Crippen molar-refractivity contribution in [1.29, 1.82) is 0 Å². The minimum absolute atomic E-state index is 0.619. The number of nitrogens with one attached hydrogen (secondary N) is 1. The summed E-state index contributed by atoms with van der Waals surface area (Å²) in [5.74, 6) is 1.84. The van der Waals surface area contributed by atoms with Gasteiger partial charge in [-0.05, 0) is 36.7 Å². The van der Waals surface area contributed by atoms with E-state index in [-0.39, 0.29) is 0 Å². The first-order chi connectivity index (χ1) is 10.3. The van der Waals surface area contributed by atoms with Gasteiger partial charge in [-0.1, -0.05) is 50.6 Å². The summed E-state index contributed by atoms with van der Waals surface area (Å²) < 4.78 is 0. The topological polar surface area (TPSA) is 15.3 Å². The van der Waals surface area contributed by atoms with Crippen LogP contribution in [-0.2, 0) is 6.42 Å². The van der Waals surface area contributed by atoms with Gasteiger partial charge in [0.1, 0.15) is 0 Å².